The first-order valence-corrected chi connectivity index (χ1v) is 10.4. The molecule has 0 radical (unpaired) electrons. The summed E-state index contributed by atoms with van der Waals surface area (Å²) >= 11 is 0. The second-order valence-electron chi connectivity index (χ2n) is 8.11. The van der Waals surface area contributed by atoms with Crippen molar-refractivity contribution in [3.05, 3.63) is 65.7 Å². The number of fused-ring (bicyclic) bond motifs is 1. The van der Waals surface area contributed by atoms with Crippen molar-refractivity contribution in [3.63, 3.8) is 0 Å². The Labute approximate surface area is 173 Å². The highest BCUT2D eigenvalue weighted by atomic mass is 16.5. The number of benzene rings is 2. The summed E-state index contributed by atoms with van der Waals surface area (Å²) in [6.07, 6.45) is 0.410. The molecule has 1 amide bonds. The van der Waals surface area contributed by atoms with Crippen LogP contribution in [0.3, 0.4) is 0 Å². The average molecular weight is 395 g/mol. The SMILES string of the molecule is COCCN1C[C@H]2CN(C(=O)Cc3cccc(OC)c3)[C@H](c3ccccc3)[C@H]2C1. The van der Waals surface area contributed by atoms with Crippen LogP contribution < -0.4 is 4.74 Å². The van der Waals surface area contributed by atoms with E-state index in [1.54, 1.807) is 14.2 Å². The van der Waals surface area contributed by atoms with Gasteiger partial charge in [-0.3, -0.25) is 4.79 Å². The number of hydrogen-bond donors (Lipinski definition) is 0. The smallest absolute Gasteiger partial charge is 0.227 e. The predicted octanol–water partition coefficient (Wildman–Crippen LogP) is 3.02. The summed E-state index contributed by atoms with van der Waals surface area (Å²) in [7, 11) is 3.41. The number of nitrogens with zero attached hydrogens (tertiary/aromatic N) is 2. The number of hydrogen-bond acceptors (Lipinski definition) is 4. The molecule has 0 aromatic heterocycles. The number of ether oxygens (including phenoxy) is 2. The van der Waals surface area contributed by atoms with Gasteiger partial charge in [0.25, 0.3) is 0 Å². The summed E-state index contributed by atoms with van der Waals surface area (Å²) in [6.45, 7) is 4.62. The molecule has 2 aliphatic rings. The van der Waals surface area contributed by atoms with Crippen LogP contribution in [0.4, 0.5) is 0 Å². The molecule has 0 bridgehead atoms. The zero-order chi connectivity index (χ0) is 20.2. The van der Waals surface area contributed by atoms with Crippen molar-refractivity contribution in [2.75, 3.05) is 47.0 Å². The molecule has 29 heavy (non-hydrogen) atoms. The molecule has 0 spiro atoms. The first-order valence-electron chi connectivity index (χ1n) is 10.4. The van der Waals surface area contributed by atoms with Crippen molar-refractivity contribution in [1.82, 2.24) is 9.80 Å². The highest BCUT2D eigenvalue weighted by Crippen LogP contribution is 2.45. The van der Waals surface area contributed by atoms with E-state index in [9.17, 15) is 4.79 Å². The Balaban J connectivity index is 1.53. The van der Waals surface area contributed by atoms with E-state index in [0.717, 1.165) is 44.1 Å². The molecule has 2 aliphatic heterocycles. The van der Waals surface area contributed by atoms with Crippen molar-refractivity contribution >= 4 is 5.91 Å². The normalized spacial score (nSPS) is 23.9. The van der Waals surface area contributed by atoms with E-state index in [2.05, 4.69) is 34.1 Å². The Bertz CT molecular complexity index is 826. The average Bonchev–Trinajstić information content (AvgIpc) is 3.30. The third-order valence-corrected chi connectivity index (χ3v) is 6.30. The number of carbonyl (C=O) groups excluding carboxylic acids is 1. The van der Waals surface area contributed by atoms with Gasteiger partial charge in [0.05, 0.1) is 26.2 Å². The van der Waals surface area contributed by atoms with E-state index < -0.39 is 0 Å². The summed E-state index contributed by atoms with van der Waals surface area (Å²) in [5, 5.41) is 0. The summed E-state index contributed by atoms with van der Waals surface area (Å²) < 4.78 is 10.6. The Kier molecular flexibility index (Phi) is 6.16. The summed E-state index contributed by atoms with van der Waals surface area (Å²) in [5.41, 5.74) is 2.24. The van der Waals surface area contributed by atoms with E-state index in [0.29, 0.717) is 18.3 Å². The second-order valence-corrected chi connectivity index (χ2v) is 8.11. The molecule has 5 nitrogen and oxygen atoms in total. The van der Waals surface area contributed by atoms with Crippen LogP contribution in [0.15, 0.2) is 54.6 Å². The number of carbonyl (C=O) groups is 1. The zero-order valence-electron chi connectivity index (χ0n) is 17.3. The lowest BCUT2D eigenvalue weighted by molar-refractivity contribution is -0.132. The fourth-order valence-corrected chi connectivity index (χ4v) is 4.93. The molecule has 0 N–H and O–H groups in total. The van der Waals surface area contributed by atoms with Crippen molar-refractivity contribution < 1.29 is 14.3 Å². The molecule has 2 aromatic rings. The van der Waals surface area contributed by atoms with Gasteiger partial charge in [0, 0.05) is 39.2 Å². The van der Waals surface area contributed by atoms with Crippen LogP contribution in [-0.2, 0) is 16.0 Å². The van der Waals surface area contributed by atoms with E-state index in [1.165, 1.54) is 5.56 Å². The van der Waals surface area contributed by atoms with Crippen molar-refractivity contribution in [2.45, 2.75) is 12.5 Å². The summed E-state index contributed by atoms with van der Waals surface area (Å²) in [5.74, 6) is 1.99. The molecule has 3 atom stereocenters. The Morgan fingerprint density at radius 3 is 2.62 bits per heavy atom. The number of rotatable bonds is 7. The number of likely N-dealkylation sites (tertiary alicyclic amines) is 2. The molecule has 5 heteroatoms. The number of amides is 1. The third kappa shape index (κ3) is 4.31. The summed E-state index contributed by atoms with van der Waals surface area (Å²) in [6, 6.07) is 18.5. The molecule has 2 fully saturated rings. The standard InChI is InChI=1S/C24H30N2O3/c1-28-12-11-25-15-20-16-26(23(27)14-18-7-6-10-21(13-18)29-2)24(22(20)17-25)19-8-4-3-5-9-19/h3-10,13,20,22,24H,11-12,14-17H2,1-2H3/t20-,22-,24+/m0/s1. The molecule has 0 aliphatic carbocycles. The van der Waals surface area contributed by atoms with Crippen LogP contribution >= 0.6 is 0 Å². The van der Waals surface area contributed by atoms with Crippen LogP contribution in [-0.4, -0.2) is 62.7 Å². The van der Waals surface area contributed by atoms with Gasteiger partial charge in [-0.1, -0.05) is 42.5 Å². The minimum Gasteiger partial charge on any atom is -0.497 e. The van der Waals surface area contributed by atoms with Crippen molar-refractivity contribution in [3.8, 4) is 5.75 Å². The van der Waals surface area contributed by atoms with Gasteiger partial charge < -0.3 is 19.3 Å². The minimum absolute atomic E-state index is 0.145. The van der Waals surface area contributed by atoms with E-state index >= 15 is 0 Å². The van der Waals surface area contributed by atoms with Gasteiger partial charge in [0.1, 0.15) is 5.75 Å². The van der Waals surface area contributed by atoms with E-state index in [1.807, 2.05) is 30.3 Å². The van der Waals surface area contributed by atoms with Crippen LogP contribution in [0, 0.1) is 11.8 Å². The first kappa shape index (κ1) is 19.9. The number of methoxy groups -OCH3 is 2. The molecule has 2 heterocycles. The van der Waals surface area contributed by atoms with Crippen LogP contribution in [0.1, 0.15) is 17.2 Å². The monoisotopic (exact) mass is 394 g/mol. The van der Waals surface area contributed by atoms with Gasteiger partial charge >= 0.3 is 0 Å². The quantitative estimate of drug-likeness (QED) is 0.724. The fourth-order valence-electron chi connectivity index (χ4n) is 4.93. The summed E-state index contributed by atoms with van der Waals surface area (Å²) in [4.78, 5) is 17.9. The zero-order valence-corrected chi connectivity index (χ0v) is 17.3. The van der Waals surface area contributed by atoms with Gasteiger partial charge in [0.15, 0.2) is 0 Å². The van der Waals surface area contributed by atoms with Gasteiger partial charge in [-0.05, 0) is 29.2 Å². The molecular formula is C24H30N2O3. The molecular weight excluding hydrogens is 364 g/mol. The Hall–Kier alpha value is -2.37. The molecule has 0 saturated carbocycles. The van der Waals surface area contributed by atoms with E-state index in [4.69, 9.17) is 9.47 Å². The molecule has 154 valence electrons. The van der Waals surface area contributed by atoms with Crippen molar-refractivity contribution in [2.24, 2.45) is 11.8 Å². The van der Waals surface area contributed by atoms with Crippen LogP contribution in [0.2, 0.25) is 0 Å². The molecule has 2 saturated heterocycles. The maximum atomic E-state index is 13.3. The lowest BCUT2D eigenvalue weighted by atomic mass is 9.89. The molecule has 2 aromatic carbocycles. The van der Waals surface area contributed by atoms with E-state index in [-0.39, 0.29) is 11.9 Å². The molecule has 4 rings (SSSR count). The Morgan fingerprint density at radius 2 is 1.86 bits per heavy atom. The van der Waals surface area contributed by atoms with Gasteiger partial charge in [-0.2, -0.15) is 0 Å². The lowest BCUT2D eigenvalue weighted by Crippen LogP contribution is -2.37. The van der Waals surface area contributed by atoms with Crippen molar-refractivity contribution in [1.29, 1.82) is 0 Å². The van der Waals surface area contributed by atoms with Gasteiger partial charge in [-0.15, -0.1) is 0 Å². The lowest BCUT2D eigenvalue weighted by Gasteiger charge is -2.30. The highest BCUT2D eigenvalue weighted by molar-refractivity contribution is 5.80. The van der Waals surface area contributed by atoms with Gasteiger partial charge in [0.2, 0.25) is 5.91 Å². The predicted molar refractivity (Wildman–Crippen MR) is 113 cm³/mol. The topological polar surface area (TPSA) is 42.0 Å². The third-order valence-electron chi connectivity index (χ3n) is 6.30. The maximum Gasteiger partial charge on any atom is 0.227 e. The fraction of sp³-hybridized carbons (Fsp3) is 0.458. The molecule has 0 unspecified atom stereocenters. The second kappa shape index (κ2) is 8.97. The van der Waals surface area contributed by atoms with Crippen LogP contribution in [0.5, 0.6) is 5.75 Å². The largest absolute Gasteiger partial charge is 0.497 e. The highest BCUT2D eigenvalue weighted by Gasteiger charge is 2.48. The van der Waals surface area contributed by atoms with Crippen LogP contribution in [0.25, 0.3) is 0 Å². The minimum atomic E-state index is 0.145. The van der Waals surface area contributed by atoms with Gasteiger partial charge in [-0.25, -0.2) is 0 Å². The first-order chi connectivity index (χ1) is 14.2. The Morgan fingerprint density at radius 1 is 1.03 bits per heavy atom. The maximum absolute atomic E-state index is 13.3.